The summed E-state index contributed by atoms with van der Waals surface area (Å²) in [6, 6.07) is 0. The molecule has 0 aromatic carbocycles. The summed E-state index contributed by atoms with van der Waals surface area (Å²) in [4.78, 5) is 4.46. The summed E-state index contributed by atoms with van der Waals surface area (Å²) in [5, 5.41) is 6.87. The molecular formula is C13H24N2S. The first-order valence-corrected chi connectivity index (χ1v) is 7.15. The van der Waals surface area contributed by atoms with Gasteiger partial charge in [0.2, 0.25) is 0 Å². The van der Waals surface area contributed by atoms with Crippen LogP contribution in [0.25, 0.3) is 0 Å². The van der Waals surface area contributed by atoms with E-state index in [4.69, 9.17) is 0 Å². The van der Waals surface area contributed by atoms with Gasteiger partial charge in [-0.25, -0.2) is 4.98 Å². The topological polar surface area (TPSA) is 24.9 Å². The van der Waals surface area contributed by atoms with Crippen molar-refractivity contribution in [3.63, 3.8) is 0 Å². The van der Waals surface area contributed by atoms with Crippen LogP contribution in [0, 0.1) is 12.3 Å². The van der Waals surface area contributed by atoms with Gasteiger partial charge in [-0.1, -0.05) is 20.8 Å². The van der Waals surface area contributed by atoms with Crippen LogP contribution in [0.15, 0.2) is 5.38 Å². The van der Waals surface area contributed by atoms with Gasteiger partial charge in [-0.05, 0) is 31.6 Å². The molecule has 1 rings (SSSR count). The van der Waals surface area contributed by atoms with E-state index >= 15 is 0 Å². The minimum atomic E-state index is 0.478. The predicted octanol–water partition coefficient (Wildman–Crippen LogP) is 3.76. The molecule has 0 amide bonds. The fraction of sp³-hybridized carbons (Fsp3) is 0.769. The molecule has 0 saturated carbocycles. The van der Waals surface area contributed by atoms with E-state index in [1.54, 1.807) is 11.3 Å². The van der Waals surface area contributed by atoms with Crippen LogP contribution in [0.5, 0.6) is 0 Å². The summed E-state index contributed by atoms with van der Waals surface area (Å²) in [6.45, 7) is 11.0. The molecule has 3 heteroatoms. The number of hydrogen-bond donors (Lipinski definition) is 1. The van der Waals surface area contributed by atoms with E-state index in [9.17, 15) is 0 Å². The zero-order chi connectivity index (χ0) is 12.0. The molecule has 0 fully saturated rings. The molecule has 0 aliphatic carbocycles. The maximum Gasteiger partial charge on any atom is 0.107 e. The van der Waals surface area contributed by atoms with Crippen LogP contribution in [0.4, 0.5) is 0 Å². The Morgan fingerprint density at radius 1 is 1.25 bits per heavy atom. The Bertz CT molecular complexity index is 294. The van der Waals surface area contributed by atoms with E-state index in [2.05, 4.69) is 43.4 Å². The molecule has 1 N–H and O–H groups in total. The molecule has 1 aromatic rings. The summed E-state index contributed by atoms with van der Waals surface area (Å²) in [5.74, 6) is 0. The highest BCUT2D eigenvalue weighted by Crippen LogP contribution is 2.29. The zero-order valence-corrected chi connectivity index (χ0v) is 11.8. The monoisotopic (exact) mass is 240 g/mol. The van der Waals surface area contributed by atoms with Crippen LogP contribution in [0.1, 0.15) is 50.7 Å². The highest BCUT2D eigenvalue weighted by atomic mass is 32.1. The number of nitrogens with one attached hydrogen (secondary N) is 1. The van der Waals surface area contributed by atoms with Crippen molar-refractivity contribution < 1.29 is 0 Å². The van der Waals surface area contributed by atoms with Crippen molar-refractivity contribution >= 4 is 11.3 Å². The first-order valence-electron chi connectivity index (χ1n) is 6.27. The SMILES string of the molecule is CCC(CC)(CC)CNCc1nc(C)cs1. The second-order valence-electron chi connectivity index (χ2n) is 4.55. The highest BCUT2D eigenvalue weighted by molar-refractivity contribution is 7.09. The summed E-state index contributed by atoms with van der Waals surface area (Å²) in [7, 11) is 0. The lowest BCUT2D eigenvalue weighted by Gasteiger charge is -2.30. The summed E-state index contributed by atoms with van der Waals surface area (Å²) in [6.07, 6.45) is 3.76. The Morgan fingerprint density at radius 3 is 2.31 bits per heavy atom. The highest BCUT2D eigenvalue weighted by Gasteiger charge is 2.23. The lowest BCUT2D eigenvalue weighted by atomic mass is 9.80. The number of hydrogen-bond acceptors (Lipinski definition) is 3. The molecule has 0 bridgehead atoms. The van der Waals surface area contributed by atoms with E-state index in [0.29, 0.717) is 5.41 Å². The fourth-order valence-corrected chi connectivity index (χ4v) is 2.78. The van der Waals surface area contributed by atoms with Gasteiger partial charge in [0.15, 0.2) is 0 Å². The van der Waals surface area contributed by atoms with Crippen LogP contribution >= 0.6 is 11.3 Å². The third kappa shape index (κ3) is 3.56. The van der Waals surface area contributed by atoms with Gasteiger partial charge in [0.05, 0.1) is 0 Å². The number of rotatable bonds is 7. The largest absolute Gasteiger partial charge is 0.310 e. The summed E-state index contributed by atoms with van der Waals surface area (Å²) >= 11 is 1.75. The lowest BCUT2D eigenvalue weighted by molar-refractivity contribution is 0.238. The van der Waals surface area contributed by atoms with Crippen molar-refractivity contribution in [3.8, 4) is 0 Å². The Labute approximate surface area is 103 Å². The molecule has 0 atom stereocenters. The van der Waals surface area contributed by atoms with Crippen LogP contribution in [0.2, 0.25) is 0 Å². The molecule has 2 nitrogen and oxygen atoms in total. The molecule has 0 unspecified atom stereocenters. The van der Waals surface area contributed by atoms with Crippen LogP contribution < -0.4 is 5.32 Å². The minimum Gasteiger partial charge on any atom is -0.310 e. The Balaban J connectivity index is 2.39. The van der Waals surface area contributed by atoms with Crippen LogP contribution in [0.3, 0.4) is 0 Å². The molecule has 0 radical (unpaired) electrons. The third-order valence-corrected chi connectivity index (χ3v) is 4.66. The second kappa shape index (κ2) is 6.36. The molecule has 92 valence electrons. The van der Waals surface area contributed by atoms with Crippen LogP contribution in [-0.4, -0.2) is 11.5 Å². The Hall–Kier alpha value is -0.410. The van der Waals surface area contributed by atoms with E-state index in [1.807, 2.05) is 0 Å². The van der Waals surface area contributed by atoms with E-state index < -0.39 is 0 Å². The van der Waals surface area contributed by atoms with Crippen LogP contribution in [-0.2, 0) is 6.54 Å². The molecule has 0 saturated heterocycles. The standard InChI is InChI=1S/C13H24N2S/c1-5-13(6-2,7-3)10-14-8-12-15-11(4)9-16-12/h9,14H,5-8,10H2,1-4H3. The van der Waals surface area contributed by atoms with Gasteiger partial charge in [0.1, 0.15) is 5.01 Å². The van der Waals surface area contributed by atoms with Crippen molar-refractivity contribution in [1.82, 2.24) is 10.3 Å². The van der Waals surface area contributed by atoms with E-state index in [0.717, 1.165) is 18.8 Å². The first-order chi connectivity index (χ1) is 7.65. The molecular weight excluding hydrogens is 216 g/mol. The first kappa shape index (κ1) is 13.7. The molecule has 0 aliphatic rings. The van der Waals surface area contributed by atoms with Gasteiger partial charge < -0.3 is 5.32 Å². The Morgan fingerprint density at radius 2 is 1.88 bits per heavy atom. The number of aromatic nitrogens is 1. The third-order valence-electron chi connectivity index (χ3n) is 3.69. The van der Waals surface area contributed by atoms with Crippen molar-refractivity contribution in [1.29, 1.82) is 0 Å². The maximum absolute atomic E-state index is 4.46. The number of thiazole rings is 1. The fourth-order valence-electron chi connectivity index (χ4n) is 2.04. The molecule has 1 heterocycles. The Kier molecular flexibility index (Phi) is 5.42. The van der Waals surface area contributed by atoms with Gasteiger partial charge >= 0.3 is 0 Å². The quantitative estimate of drug-likeness (QED) is 0.785. The van der Waals surface area contributed by atoms with Crippen molar-refractivity contribution in [3.05, 3.63) is 16.1 Å². The minimum absolute atomic E-state index is 0.478. The van der Waals surface area contributed by atoms with Gasteiger partial charge in [-0.15, -0.1) is 11.3 Å². The van der Waals surface area contributed by atoms with Crippen molar-refractivity contribution in [2.24, 2.45) is 5.41 Å². The summed E-state index contributed by atoms with van der Waals surface area (Å²) in [5.41, 5.74) is 1.61. The molecule has 0 aliphatic heterocycles. The van der Waals surface area contributed by atoms with Gasteiger partial charge in [0, 0.05) is 24.2 Å². The van der Waals surface area contributed by atoms with Crippen molar-refractivity contribution in [2.45, 2.75) is 53.5 Å². The normalized spacial score (nSPS) is 12.0. The predicted molar refractivity (Wildman–Crippen MR) is 71.9 cm³/mol. The lowest BCUT2D eigenvalue weighted by Crippen LogP contribution is -2.32. The van der Waals surface area contributed by atoms with Gasteiger partial charge in [-0.3, -0.25) is 0 Å². The molecule has 1 aromatic heterocycles. The average Bonchev–Trinajstić information content (AvgIpc) is 2.71. The molecule has 16 heavy (non-hydrogen) atoms. The summed E-state index contributed by atoms with van der Waals surface area (Å²) < 4.78 is 0. The van der Waals surface area contributed by atoms with Gasteiger partial charge in [0.25, 0.3) is 0 Å². The number of aryl methyl sites for hydroxylation is 1. The van der Waals surface area contributed by atoms with E-state index in [-0.39, 0.29) is 0 Å². The molecule has 0 spiro atoms. The zero-order valence-electron chi connectivity index (χ0n) is 11.0. The average molecular weight is 240 g/mol. The number of nitrogens with zero attached hydrogens (tertiary/aromatic N) is 1. The van der Waals surface area contributed by atoms with Crippen molar-refractivity contribution in [2.75, 3.05) is 6.54 Å². The second-order valence-corrected chi connectivity index (χ2v) is 5.49. The van der Waals surface area contributed by atoms with E-state index in [1.165, 1.54) is 24.3 Å². The van der Waals surface area contributed by atoms with Gasteiger partial charge in [-0.2, -0.15) is 0 Å². The maximum atomic E-state index is 4.46. The smallest absolute Gasteiger partial charge is 0.107 e.